The molecule has 0 aliphatic rings. The molecule has 0 saturated carbocycles. The van der Waals surface area contributed by atoms with Crippen molar-refractivity contribution in [3.05, 3.63) is 30.3 Å². The number of hydrogen-bond donors (Lipinski definition) is 0. The molecule has 0 aliphatic heterocycles. The van der Waals surface area contributed by atoms with E-state index in [2.05, 4.69) is 0 Å². The van der Waals surface area contributed by atoms with E-state index in [4.69, 9.17) is 4.74 Å². The first-order valence-electron chi connectivity index (χ1n) is 2.52. The molecule has 0 fully saturated rings. The number of rotatable bonds is 1. The van der Waals surface area contributed by atoms with Gasteiger partial charge in [-0.1, -0.05) is 18.2 Å². The molecule has 54 valence electrons. The molecule has 0 aromatic heterocycles. The van der Waals surface area contributed by atoms with Crippen LogP contribution in [0, 0.1) is 0 Å². The molecule has 0 atom stereocenters. The fourth-order valence-electron chi connectivity index (χ4n) is 0.557. The Morgan fingerprint density at radius 3 is 2.00 bits per heavy atom. The molecule has 1 rings (SSSR count). The van der Waals surface area contributed by atoms with Crippen molar-refractivity contribution >= 4 is 40.0 Å². The fourth-order valence-corrected chi connectivity index (χ4v) is 0.557. The van der Waals surface area contributed by atoms with Gasteiger partial charge in [0.2, 0.25) is 0 Å². The molecule has 3 heteroatoms. The molecule has 0 radical (unpaired) electrons. The Morgan fingerprint density at radius 1 is 1.20 bits per heavy atom. The second-order valence-corrected chi connectivity index (χ2v) is 1.52. The Kier molecular flexibility index (Phi) is 9.51. The summed E-state index contributed by atoms with van der Waals surface area (Å²) in [5.74, 6) is 0.910. The van der Waals surface area contributed by atoms with Crippen molar-refractivity contribution in [1.29, 1.82) is 0 Å². The Morgan fingerprint density at radius 2 is 1.70 bits per heavy atom. The van der Waals surface area contributed by atoms with Gasteiger partial charge >= 0.3 is 23.1 Å². The third kappa shape index (κ3) is 4.14. The van der Waals surface area contributed by atoms with Crippen molar-refractivity contribution in [1.82, 2.24) is 0 Å². The molecule has 0 saturated heterocycles. The van der Waals surface area contributed by atoms with E-state index in [0.29, 0.717) is 0 Å². The predicted molar refractivity (Wildman–Crippen MR) is 51.3 cm³/mol. The predicted octanol–water partition coefficient (Wildman–Crippen LogP) is 2.12. The van der Waals surface area contributed by atoms with Gasteiger partial charge in [-0.2, -0.15) is 0 Å². The molecule has 0 heterocycles. The SMILES string of the molecule is Br.COc1ccccc1.[H-].[H-].[Mg+2]. The minimum Gasteiger partial charge on any atom is -1.00 e. The van der Waals surface area contributed by atoms with Gasteiger partial charge < -0.3 is 7.59 Å². The van der Waals surface area contributed by atoms with Crippen LogP contribution in [-0.2, 0) is 0 Å². The average Bonchev–Trinajstić information content (AvgIpc) is 1.90. The number of ether oxygens (including phenoxy) is 1. The van der Waals surface area contributed by atoms with Gasteiger partial charge in [0.1, 0.15) is 5.75 Å². The van der Waals surface area contributed by atoms with Crippen LogP contribution < -0.4 is 4.74 Å². The standard InChI is InChI=1S/C7H8O.BrH.Mg.2H/c1-8-7-5-3-2-4-6-7;;;;/h2-6H,1H3;1H;;;/q;;+2;2*-1. The Balaban J connectivity index is -0.0000000800. The van der Waals surface area contributed by atoms with E-state index in [1.807, 2.05) is 30.3 Å². The third-order valence-electron chi connectivity index (χ3n) is 0.979. The average molecular weight is 215 g/mol. The van der Waals surface area contributed by atoms with Crippen molar-refractivity contribution in [3.8, 4) is 5.75 Å². The molecule has 1 aromatic carbocycles. The maximum atomic E-state index is 4.91. The molecule has 0 amide bonds. The fraction of sp³-hybridized carbons (Fsp3) is 0.143. The first-order valence-corrected chi connectivity index (χ1v) is 2.52. The molecular formula is C7H11BrMgO. The summed E-state index contributed by atoms with van der Waals surface area (Å²) in [4.78, 5) is 0. The summed E-state index contributed by atoms with van der Waals surface area (Å²) in [6.45, 7) is 0. The van der Waals surface area contributed by atoms with Gasteiger partial charge in [0.05, 0.1) is 7.11 Å². The van der Waals surface area contributed by atoms with Crippen molar-refractivity contribution in [2.24, 2.45) is 0 Å². The molecular weight excluding hydrogens is 204 g/mol. The van der Waals surface area contributed by atoms with Crippen LogP contribution in [0.3, 0.4) is 0 Å². The van der Waals surface area contributed by atoms with Crippen LogP contribution in [0.2, 0.25) is 0 Å². The van der Waals surface area contributed by atoms with Gasteiger partial charge in [-0.25, -0.2) is 0 Å². The zero-order valence-corrected chi connectivity index (χ0v) is 9.04. The summed E-state index contributed by atoms with van der Waals surface area (Å²) < 4.78 is 4.91. The zero-order chi connectivity index (χ0) is 5.82. The Hall–Kier alpha value is 0.266. The quantitative estimate of drug-likeness (QED) is 0.652. The van der Waals surface area contributed by atoms with E-state index in [-0.39, 0.29) is 42.9 Å². The Bertz CT molecular complexity index is 163. The van der Waals surface area contributed by atoms with Crippen molar-refractivity contribution in [2.75, 3.05) is 7.11 Å². The topological polar surface area (TPSA) is 9.23 Å². The number of hydrogen-bond acceptors (Lipinski definition) is 1. The molecule has 1 aromatic rings. The van der Waals surface area contributed by atoms with Gasteiger partial charge in [0.25, 0.3) is 0 Å². The molecule has 1 nitrogen and oxygen atoms in total. The van der Waals surface area contributed by atoms with Crippen molar-refractivity contribution in [3.63, 3.8) is 0 Å². The Labute approximate surface area is 90.7 Å². The number of methoxy groups -OCH3 is 1. The minimum absolute atomic E-state index is 0. The van der Waals surface area contributed by atoms with E-state index in [0.717, 1.165) is 5.75 Å². The van der Waals surface area contributed by atoms with Crippen LogP contribution >= 0.6 is 17.0 Å². The molecule has 0 unspecified atom stereocenters. The summed E-state index contributed by atoms with van der Waals surface area (Å²) >= 11 is 0. The molecule has 0 aliphatic carbocycles. The second-order valence-electron chi connectivity index (χ2n) is 1.52. The van der Waals surface area contributed by atoms with E-state index in [9.17, 15) is 0 Å². The summed E-state index contributed by atoms with van der Waals surface area (Å²) in [5.41, 5.74) is 0. The van der Waals surface area contributed by atoms with Crippen LogP contribution in [0.15, 0.2) is 30.3 Å². The van der Waals surface area contributed by atoms with E-state index in [1.54, 1.807) is 7.11 Å². The van der Waals surface area contributed by atoms with E-state index in [1.165, 1.54) is 0 Å². The monoisotopic (exact) mass is 214 g/mol. The van der Waals surface area contributed by atoms with Crippen molar-refractivity contribution < 1.29 is 7.59 Å². The minimum atomic E-state index is 0. The maximum Gasteiger partial charge on any atom is 2.00 e. The van der Waals surface area contributed by atoms with Crippen LogP contribution in [0.25, 0.3) is 0 Å². The first-order chi connectivity index (χ1) is 3.93. The number of para-hydroxylation sites is 1. The van der Waals surface area contributed by atoms with Crippen molar-refractivity contribution in [2.45, 2.75) is 0 Å². The summed E-state index contributed by atoms with van der Waals surface area (Å²) in [6, 6.07) is 9.68. The van der Waals surface area contributed by atoms with Crippen LogP contribution in [0.5, 0.6) is 5.75 Å². The first kappa shape index (κ1) is 12.9. The van der Waals surface area contributed by atoms with Gasteiger partial charge in [-0.15, -0.1) is 17.0 Å². The molecule has 0 N–H and O–H groups in total. The van der Waals surface area contributed by atoms with E-state index < -0.39 is 0 Å². The molecule has 0 spiro atoms. The smallest absolute Gasteiger partial charge is 1.00 e. The number of halogens is 1. The molecule has 10 heavy (non-hydrogen) atoms. The largest absolute Gasteiger partial charge is 2.00 e. The van der Waals surface area contributed by atoms with Crippen LogP contribution in [-0.4, -0.2) is 30.2 Å². The van der Waals surface area contributed by atoms with Gasteiger partial charge in [0.15, 0.2) is 0 Å². The summed E-state index contributed by atoms with van der Waals surface area (Å²) in [5, 5.41) is 0. The third-order valence-corrected chi connectivity index (χ3v) is 0.979. The molecule has 0 bridgehead atoms. The van der Waals surface area contributed by atoms with Gasteiger partial charge in [0, 0.05) is 0 Å². The second kappa shape index (κ2) is 7.37. The van der Waals surface area contributed by atoms with Gasteiger partial charge in [-0.05, 0) is 12.1 Å². The summed E-state index contributed by atoms with van der Waals surface area (Å²) in [7, 11) is 1.66. The maximum absolute atomic E-state index is 4.91. The summed E-state index contributed by atoms with van der Waals surface area (Å²) in [6.07, 6.45) is 0. The normalized spacial score (nSPS) is 6.90. The van der Waals surface area contributed by atoms with Crippen LogP contribution in [0.1, 0.15) is 2.85 Å². The van der Waals surface area contributed by atoms with E-state index >= 15 is 0 Å². The van der Waals surface area contributed by atoms with Gasteiger partial charge in [-0.3, -0.25) is 0 Å². The zero-order valence-electron chi connectivity index (χ0n) is 7.91. The number of benzene rings is 1. The van der Waals surface area contributed by atoms with Crippen LogP contribution in [0.4, 0.5) is 0 Å².